The fourth-order valence-electron chi connectivity index (χ4n) is 5.16. The van der Waals surface area contributed by atoms with Gasteiger partial charge in [-0.25, -0.2) is 4.98 Å². The normalized spacial score (nSPS) is 22.1. The Labute approximate surface area is 185 Å². The van der Waals surface area contributed by atoms with E-state index in [9.17, 15) is 14.7 Å². The van der Waals surface area contributed by atoms with Crippen molar-refractivity contribution in [2.45, 2.75) is 45.1 Å². The molecule has 168 valence electrons. The van der Waals surface area contributed by atoms with E-state index < -0.39 is 6.10 Å². The summed E-state index contributed by atoms with van der Waals surface area (Å²) in [5, 5.41) is 21.9. The van der Waals surface area contributed by atoms with Crippen molar-refractivity contribution in [2.24, 2.45) is 5.41 Å². The summed E-state index contributed by atoms with van der Waals surface area (Å²) in [5.41, 5.74) is 2.09. The van der Waals surface area contributed by atoms with Crippen molar-refractivity contribution in [3.05, 3.63) is 41.5 Å². The van der Waals surface area contributed by atoms with E-state index in [2.05, 4.69) is 25.4 Å². The van der Waals surface area contributed by atoms with Crippen LogP contribution in [0.4, 0.5) is 0 Å². The molecule has 1 N–H and O–H groups in total. The molecule has 2 aliphatic heterocycles. The quantitative estimate of drug-likeness (QED) is 0.735. The lowest BCUT2D eigenvalue weighted by atomic mass is 9.77. The Morgan fingerprint density at radius 3 is 2.56 bits per heavy atom. The van der Waals surface area contributed by atoms with Crippen LogP contribution < -0.4 is 0 Å². The number of hydrogen-bond donors (Lipinski definition) is 1. The van der Waals surface area contributed by atoms with Crippen molar-refractivity contribution < 1.29 is 14.7 Å². The predicted octanol–water partition coefficient (Wildman–Crippen LogP) is 0.960. The van der Waals surface area contributed by atoms with Gasteiger partial charge in [-0.3, -0.25) is 9.59 Å². The minimum absolute atomic E-state index is 0.119. The van der Waals surface area contributed by atoms with Crippen LogP contribution in [0, 0.1) is 12.3 Å². The van der Waals surface area contributed by atoms with Crippen LogP contribution >= 0.6 is 0 Å². The van der Waals surface area contributed by atoms with Gasteiger partial charge in [0.2, 0.25) is 5.91 Å². The summed E-state index contributed by atoms with van der Waals surface area (Å²) in [6, 6.07) is 3.66. The van der Waals surface area contributed by atoms with Crippen molar-refractivity contribution in [2.75, 3.05) is 26.2 Å². The highest BCUT2D eigenvalue weighted by Crippen LogP contribution is 2.44. The fourth-order valence-corrected chi connectivity index (χ4v) is 5.16. The minimum Gasteiger partial charge on any atom is -0.387 e. The molecule has 10 heteroatoms. The molecule has 5 rings (SSSR count). The topological polar surface area (TPSA) is 117 Å². The number of hydrogen-bond acceptors (Lipinski definition) is 8. The molecule has 1 unspecified atom stereocenters. The van der Waals surface area contributed by atoms with Gasteiger partial charge in [-0.2, -0.15) is 4.68 Å². The van der Waals surface area contributed by atoms with Crippen LogP contribution in [0.25, 0.3) is 5.82 Å². The Kier molecular flexibility index (Phi) is 5.34. The van der Waals surface area contributed by atoms with Gasteiger partial charge in [-0.15, -0.1) is 5.10 Å². The van der Waals surface area contributed by atoms with Gasteiger partial charge in [0.15, 0.2) is 11.6 Å². The Morgan fingerprint density at radius 1 is 1.12 bits per heavy atom. The molecule has 0 bridgehead atoms. The molecule has 1 spiro atoms. The van der Waals surface area contributed by atoms with Crippen LogP contribution in [0.3, 0.4) is 0 Å². The Balaban J connectivity index is 1.20. The number of amides is 1. The molecule has 10 nitrogen and oxygen atoms in total. The van der Waals surface area contributed by atoms with Gasteiger partial charge >= 0.3 is 0 Å². The lowest BCUT2D eigenvalue weighted by Gasteiger charge is -2.38. The summed E-state index contributed by atoms with van der Waals surface area (Å²) in [4.78, 5) is 33.3. The first-order valence-corrected chi connectivity index (χ1v) is 11.1. The molecular weight excluding hydrogens is 410 g/mol. The number of piperidine rings is 1. The molecule has 1 aliphatic carbocycles. The molecular formula is C22H27N7O3. The smallest absolute Gasteiger partial charge is 0.233 e. The van der Waals surface area contributed by atoms with E-state index in [4.69, 9.17) is 0 Å². The SMILES string of the molecule is Cc1nc(-n2cnnn2)ccc1C(O)CN1CCC2(CC1)CCN(C1=CC(=O)CC1)C2=O. The number of aliphatic hydroxyl groups excluding tert-OH is 1. The molecule has 0 aromatic carbocycles. The summed E-state index contributed by atoms with van der Waals surface area (Å²) < 4.78 is 1.48. The van der Waals surface area contributed by atoms with E-state index in [0.717, 1.165) is 49.3 Å². The molecule has 1 amide bonds. The highest BCUT2D eigenvalue weighted by atomic mass is 16.3. The average molecular weight is 438 g/mol. The summed E-state index contributed by atoms with van der Waals surface area (Å²) in [5.74, 6) is 0.900. The summed E-state index contributed by atoms with van der Waals surface area (Å²) in [6.07, 6.45) is 6.07. The van der Waals surface area contributed by atoms with Gasteiger partial charge in [0.25, 0.3) is 0 Å². The van der Waals surface area contributed by atoms with E-state index in [1.54, 1.807) is 12.1 Å². The summed E-state index contributed by atoms with van der Waals surface area (Å²) in [7, 11) is 0. The number of pyridine rings is 1. The number of tetrazole rings is 1. The first kappa shape index (κ1) is 20.9. The molecule has 0 saturated carbocycles. The number of aromatic nitrogens is 5. The second-order valence-corrected chi connectivity index (χ2v) is 9.00. The lowest BCUT2D eigenvalue weighted by molar-refractivity contribution is -0.137. The van der Waals surface area contributed by atoms with Crippen molar-refractivity contribution in [3.8, 4) is 5.82 Å². The standard InChI is InChI=1S/C22H27N7O3/c1-15-18(4-5-20(24-15)29-14-23-25-26-29)19(31)13-27-9-6-22(7-10-27)8-11-28(21(22)32)16-2-3-17(30)12-16/h4-5,12,14,19,31H,2-3,6-11,13H2,1H3. The van der Waals surface area contributed by atoms with Crippen molar-refractivity contribution in [1.29, 1.82) is 0 Å². The number of nitrogens with zero attached hydrogens (tertiary/aromatic N) is 7. The van der Waals surface area contributed by atoms with Crippen molar-refractivity contribution in [1.82, 2.24) is 35.0 Å². The number of carbonyl (C=O) groups excluding carboxylic acids is 2. The van der Waals surface area contributed by atoms with Gasteiger partial charge in [0.05, 0.1) is 11.5 Å². The Bertz CT molecular complexity index is 1060. The third-order valence-electron chi connectivity index (χ3n) is 7.11. The van der Waals surface area contributed by atoms with Crippen LogP contribution in [0.5, 0.6) is 0 Å². The number of ketones is 1. The molecule has 1 atom stereocenters. The maximum Gasteiger partial charge on any atom is 0.233 e. The number of likely N-dealkylation sites (tertiary alicyclic amines) is 2. The van der Waals surface area contributed by atoms with Crippen LogP contribution in [-0.4, -0.2) is 78.0 Å². The second kappa shape index (κ2) is 8.18. The molecule has 3 aliphatic rings. The maximum atomic E-state index is 13.2. The molecule has 0 radical (unpaired) electrons. The summed E-state index contributed by atoms with van der Waals surface area (Å²) in [6.45, 7) is 4.61. The molecule has 4 heterocycles. The first-order chi connectivity index (χ1) is 15.4. The second-order valence-electron chi connectivity index (χ2n) is 9.00. The van der Waals surface area contributed by atoms with Crippen LogP contribution in [-0.2, 0) is 9.59 Å². The van der Waals surface area contributed by atoms with Gasteiger partial charge in [-0.1, -0.05) is 6.07 Å². The molecule has 2 saturated heterocycles. The highest BCUT2D eigenvalue weighted by molar-refractivity contribution is 5.95. The third-order valence-corrected chi connectivity index (χ3v) is 7.11. The van der Waals surface area contributed by atoms with Crippen molar-refractivity contribution in [3.63, 3.8) is 0 Å². The third kappa shape index (κ3) is 3.73. The fraction of sp³-hybridized carbons (Fsp3) is 0.545. The van der Waals surface area contributed by atoms with Crippen LogP contribution in [0.2, 0.25) is 0 Å². The van der Waals surface area contributed by atoms with E-state index >= 15 is 0 Å². The minimum atomic E-state index is -0.662. The highest BCUT2D eigenvalue weighted by Gasteiger charge is 2.49. The average Bonchev–Trinajstić information content (AvgIpc) is 3.52. The molecule has 2 aromatic heterocycles. The zero-order chi connectivity index (χ0) is 22.3. The van der Waals surface area contributed by atoms with E-state index in [1.807, 2.05) is 17.9 Å². The number of aryl methyl sites for hydroxylation is 1. The van der Waals surface area contributed by atoms with E-state index in [0.29, 0.717) is 31.7 Å². The Morgan fingerprint density at radius 2 is 1.91 bits per heavy atom. The monoisotopic (exact) mass is 437 g/mol. The van der Waals surface area contributed by atoms with Gasteiger partial charge < -0.3 is 14.9 Å². The molecule has 2 aromatic rings. The number of carbonyl (C=O) groups is 2. The number of rotatable bonds is 5. The van der Waals surface area contributed by atoms with Crippen molar-refractivity contribution >= 4 is 11.7 Å². The number of β-amino-alcohol motifs (C(OH)–C–C–N with tert-alkyl or cyclic N) is 1. The van der Waals surface area contributed by atoms with Gasteiger partial charge in [0.1, 0.15) is 6.33 Å². The van der Waals surface area contributed by atoms with Gasteiger partial charge in [-0.05, 0) is 62.2 Å². The largest absolute Gasteiger partial charge is 0.387 e. The summed E-state index contributed by atoms with van der Waals surface area (Å²) >= 11 is 0. The first-order valence-electron chi connectivity index (χ1n) is 11.1. The predicted molar refractivity (Wildman–Crippen MR) is 113 cm³/mol. The van der Waals surface area contributed by atoms with E-state index in [-0.39, 0.29) is 17.1 Å². The molecule has 2 fully saturated rings. The van der Waals surface area contributed by atoms with Gasteiger partial charge in [0, 0.05) is 42.5 Å². The van der Waals surface area contributed by atoms with Crippen LogP contribution in [0.1, 0.15) is 49.5 Å². The lowest BCUT2D eigenvalue weighted by Crippen LogP contribution is -2.45. The van der Waals surface area contributed by atoms with Crippen LogP contribution in [0.15, 0.2) is 30.2 Å². The van der Waals surface area contributed by atoms with E-state index in [1.165, 1.54) is 11.0 Å². The number of allylic oxidation sites excluding steroid dienone is 2. The zero-order valence-electron chi connectivity index (χ0n) is 18.1. The Hall–Kier alpha value is -2.98. The maximum absolute atomic E-state index is 13.2. The number of aliphatic hydroxyl groups is 1. The molecule has 32 heavy (non-hydrogen) atoms. The zero-order valence-corrected chi connectivity index (χ0v) is 18.1.